The minimum absolute atomic E-state index is 0.0426. The van der Waals surface area contributed by atoms with Gasteiger partial charge in [-0.15, -0.1) is 6.42 Å². The van der Waals surface area contributed by atoms with Crippen LogP contribution in [-0.4, -0.2) is 40.4 Å². The lowest BCUT2D eigenvalue weighted by molar-refractivity contribution is -0.0165. The molecule has 0 unspecified atom stereocenters. The van der Waals surface area contributed by atoms with E-state index in [2.05, 4.69) is 78.6 Å². The lowest BCUT2D eigenvalue weighted by atomic mass is 10.1. The van der Waals surface area contributed by atoms with Crippen LogP contribution in [0.4, 0.5) is 0 Å². The quantitative estimate of drug-likeness (QED) is 0.250. The van der Waals surface area contributed by atoms with Gasteiger partial charge in [0.05, 0.1) is 18.8 Å². The summed E-state index contributed by atoms with van der Waals surface area (Å²) in [5, 5.41) is 0.653. The molecule has 0 aromatic carbocycles. The molecular formula is C24H40ClNO3Si2. The van der Waals surface area contributed by atoms with Crippen molar-refractivity contribution in [3.63, 3.8) is 0 Å². The van der Waals surface area contributed by atoms with E-state index in [0.29, 0.717) is 17.5 Å². The molecule has 0 bridgehead atoms. The Morgan fingerprint density at radius 3 is 2.16 bits per heavy atom. The SMILES string of the molecule is C#Cc1ccc([C@H]2C[C@H](O[Si](C)(C)C(C)(C)C)[C@@H](CO[Si](C)(C)C(C)(C)C)O2)c(Cl)n1. The van der Waals surface area contributed by atoms with Crippen LogP contribution in [0, 0.1) is 12.3 Å². The van der Waals surface area contributed by atoms with Crippen LogP contribution in [0.1, 0.15) is 65.3 Å². The molecule has 1 aliphatic heterocycles. The third kappa shape index (κ3) is 6.22. The summed E-state index contributed by atoms with van der Waals surface area (Å²) in [6.45, 7) is 23.1. The van der Waals surface area contributed by atoms with Crippen LogP contribution in [0.25, 0.3) is 0 Å². The van der Waals surface area contributed by atoms with Crippen molar-refractivity contribution in [2.75, 3.05) is 6.61 Å². The Morgan fingerprint density at radius 2 is 1.68 bits per heavy atom. The van der Waals surface area contributed by atoms with Crippen LogP contribution in [-0.2, 0) is 13.6 Å². The number of pyridine rings is 1. The highest BCUT2D eigenvalue weighted by atomic mass is 35.5. The number of nitrogens with zero attached hydrogens (tertiary/aromatic N) is 1. The zero-order valence-electron chi connectivity index (χ0n) is 20.9. The summed E-state index contributed by atoms with van der Waals surface area (Å²) in [7, 11) is -3.89. The fourth-order valence-corrected chi connectivity index (χ4v) is 5.66. The van der Waals surface area contributed by atoms with Crippen LogP contribution < -0.4 is 0 Å². The highest BCUT2D eigenvalue weighted by Crippen LogP contribution is 2.44. The van der Waals surface area contributed by atoms with Crippen LogP contribution >= 0.6 is 11.6 Å². The lowest BCUT2D eigenvalue weighted by Crippen LogP contribution is -2.48. The molecule has 1 aromatic rings. The molecule has 0 saturated carbocycles. The van der Waals surface area contributed by atoms with Crippen molar-refractivity contribution < 1.29 is 13.6 Å². The second kappa shape index (κ2) is 9.28. The summed E-state index contributed by atoms with van der Waals surface area (Å²) in [6.07, 6.45) is 5.82. The second-order valence-electron chi connectivity index (χ2n) is 11.6. The van der Waals surface area contributed by atoms with E-state index in [0.717, 1.165) is 12.0 Å². The van der Waals surface area contributed by atoms with E-state index in [9.17, 15) is 0 Å². The first-order chi connectivity index (χ1) is 14.0. The predicted octanol–water partition coefficient (Wildman–Crippen LogP) is 6.96. The molecule has 0 spiro atoms. The highest BCUT2D eigenvalue weighted by Gasteiger charge is 2.46. The van der Waals surface area contributed by atoms with Gasteiger partial charge in [-0.2, -0.15) is 0 Å². The minimum atomic E-state index is -1.98. The third-order valence-corrected chi connectivity index (χ3v) is 16.5. The van der Waals surface area contributed by atoms with E-state index in [1.807, 2.05) is 12.1 Å². The molecule has 174 valence electrons. The van der Waals surface area contributed by atoms with Gasteiger partial charge in [-0.05, 0) is 42.3 Å². The predicted molar refractivity (Wildman–Crippen MR) is 135 cm³/mol. The molecule has 31 heavy (non-hydrogen) atoms. The van der Waals surface area contributed by atoms with E-state index in [4.69, 9.17) is 31.6 Å². The van der Waals surface area contributed by atoms with Crippen molar-refractivity contribution >= 4 is 28.2 Å². The van der Waals surface area contributed by atoms with Crippen molar-refractivity contribution in [1.82, 2.24) is 4.98 Å². The van der Waals surface area contributed by atoms with E-state index >= 15 is 0 Å². The molecule has 4 nitrogen and oxygen atoms in total. The maximum absolute atomic E-state index is 6.82. The summed E-state index contributed by atoms with van der Waals surface area (Å²) in [5.41, 5.74) is 1.39. The smallest absolute Gasteiger partial charge is 0.192 e. The van der Waals surface area contributed by atoms with Crippen LogP contribution in [0.2, 0.25) is 41.4 Å². The zero-order chi connectivity index (χ0) is 23.8. The van der Waals surface area contributed by atoms with Crippen molar-refractivity contribution in [3.8, 4) is 12.3 Å². The molecule has 1 aromatic heterocycles. The Morgan fingerprint density at radius 1 is 1.10 bits per heavy atom. The van der Waals surface area contributed by atoms with E-state index in [1.54, 1.807) is 0 Å². The molecule has 3 atom stereocenters. The molecule has 1 fully saturated rings. The van der Waals surface area contributed by atoms with Gasteiger partial charge in [-0.1, -0.05) is 65.1 Å². The van der Waals surface area contributed by atoms with Gasteiger partial charge in [0.15, 0.2) is 16.6 Å². The summed E-state index contributed by atoms with van der Waals surface area (Å²) < 4.78 is 19.8. The Balaban J connectivity index is 2.28. The molecular weight excluding hydrogens is 442 g/mol. The average molecular weight is 482 g/mol. The van der Waals surface area contributed by atoms with Crippen molar-refractivity contribution in [1.29, 1.82) is 0 Å². The maximum Gasteiger partial charge on any atom is 0.192 e. The van der Waals surface area contributed by atoms with Gasteiger partial charge < -0.3 is 13.6 Å². The summed E-state index contributed by atoms with van der Waals surface area (Å²) >= 11 is 6.46. The largest absolute Gasteiger partial charge is 0.414 e. The monoisotopic (exact) mass is 481 g/mol. The Bertz CT molecular complexity index is 822. The number of hydrogen-bond donors (Lipinski definition) is 0. The van der Waals surface area contributed by atoms with Crippen molar-refractivity contribution in [2.45, 2.75) is 103 Å². The van der Waals surface area contributed by atoms with Gasteiger partial charge in [-0.25, -0.2) is 4.98 Å². The first kappa shape index (κ1) is 26.6. The first-order valence-corrected chi connectivity index (χ1v) is 17.3. The minimum Gasteiger partial charge on any atom is -0.414 e. The van der Waals surface area contributed by atoms with Gasteiger partial charge in [0, 0.05) is 12.0 Å². The molecule has 1 aliphatic rings. The fraction of sp³-hybridized carbons (Fsp3) is 0.708. The second-order valence-corrected chi connectivity index (χ2v) is 21.5. The van der Waals surface area contributed by atoms with Crippen LogP contribution in [0.15, 0.2) is 12.1 Å². The average Bonchev–Trinajstić information content (AvgIpc) is 2.99. The molecule has 2 heterocycles. The standard InChI is InChI=1S/C24H40ClNO3Si2/c1-12-17-13-14-18(22(25)26-17)19-15-20(29-31(10,11)24(5,6)7)21(28-19)16-27-30(8,9)23(2,3)4/h1,13-14,19-21H,15-16H2,2-11H3/t19-,20+,21-/m1/s1. The molecule has 0 N–H and O–H groups in total. The van der Waals surface area contributed by atoms with Gasteiger partial charge in [0.25, 0.3) is 0 Å². The Hall–Kier alpha value is -0.686. The van der Waals surface area contributed by atoms with E-state index in [1.165, 1.54) is 0 Å². The molecule has 0 amide bonds. The zero-order valence-corrected chi connectivity index (χ0v) is 23.7. The number of terminal acetylenes is 1. The number of hydrogen-bond acceptors (Lipinski definition) is 4. The molecule has 7 heteroatoms. The van der Waals surface area contributed by atoms with Gasteiger partial charge >= 0.3 is 0 Å². The van der Waals surface area contributed by atoms with Crippen LogP contribution in [0.3, 0.4) is 0 Å². The topological polar surface area (TPSA) is 40.6 Å². The Kier molecular flexibility index (Phi) is 7.96. The highest BCUT2D eigenvalue weighted by molar-refractivity contribution is 6.74. The summed E-state index contributed by atoms with van der Waals surface area (Å²) in [4.78, 5) is 4.31. The van der Waals surface area contributed by atoms with Crippen LogP contribution in [0.5, 0.6) is 0 Å². The Labute approximate surface area is 196 Å². The lowest BCUT2D eigenvalue weighted by Gasteiger charge is -2.40. The van der Waals surface area contributed by atoms with Crippen molar-refractivity contribution in [3.05, 3.63) is 28.5 Å². The molecule has 0 aliphatic carbocycles. The maximum atomic E-state index is 6.82. The number of ether oxygens (including phenoxy) is 1. The van der Waals surface area contributed by atoms with E-state index in [-0.39, 0.29) is 28.4 Å². The molecule has 2 rings (SSSR count). The molecule has 1 saturated heterocycles. The first-order valence-electron chi connectivity index (χ1n) is 11.1. The van der Waals surface area contributed by atoms with Crippen molar-refractivity contribution in [2.24, 2.45) is 0 Å². The van der Waals surface area contributed by atoms with E-state index < -0.39 is 16.6 Å². The van der Waals surface area contributed by atoms with Gasteiger partial charge in [-0.3, -0.25) is 0 Å². The summed E-state index contributed by atoms with van der Waals surface area (Å²) in [5.74, 6) is 2.53. The van der Waals surface area contributed by atoms with Gasteiger partial charge in [0.1, 0.15) is 17.0 Å². The fourth-order valence-electron chi connectivity index (χ4n) is 3.02. The van der Waals surface area contributed by atoms with Gasteiger partial charge in [0.2, 0.25) is 0 Å². The molecule has 0 radical (unpaired) electrons. The number of halogens is 1. The third-order valence-electron chi connectivity index (χ3n) is 7.24. The number of aromatic nitrogens is 1. The number of rotatable bonds is 6. The summed E-state index contributed by atoms with van der Waals surface area (Å²) in [6, 6.07) is 3.74. The normalized spacial score (nSPS) is 23.1.